The van der Waals surface area contributed by atoms with Gasteiger partial charge in [0.05, 0.1) is 14.2 Å². The quantitative estimate of drug-likeness (QED) is 0.565. The summed E-state index contributed by atoms with van der Waals surface area (Å²) in [5.74, 6) is 1.60. The Morgan fingerprint density at radius 3 is 1.96 bits per heavy atom. The minimum absolute atomic E-state index is 0.0221. The van der Waals surface area contributed by atoms with Crippen molar-refractivity contribution in [3.05, 3.63) is 65.7 Å². The first kappa shape index (κ1) is 19.7. The molecule has 0 atom stereocenters. The maximum atomic E-state index is 12.7. The monoisotopic (exact) mass is 379 g/mol. The lowest BCUT2D eigenvalue weighted by atomic mass is 9.89. The van der Waals surface area contributed by atoms with Gasteiger partial charge in [-0.05, 0) is 60.9 Å². The molecule has 28 heavy (non-hydrogen) atoms. The minimum Gasteiger partial charge on any atom is -0.497 e. The van der Waals surface area contributed by atoms with E-state index in [-0.39, 0.29) is 17.6 Å². The van der Waals surface area contributed by atoms with Gasteiger partial charge in [-0.15, -0.1) is 0 Å². The van der Waals surface area contributed by atoms with Crippen molar-refractivity contribution < 1.29 is 19.1 Å². The number of Topliss-reactive ketones (excluding diaryl/α,β-unsaturated/α-hetero) is 1. The smallest absolute Gasteiger partial charge is 0.246 e. The molecule has 0 spiro atoms. The molecule has 1 heterocycles. The molecule has 0 aliphatic carbocycles. The predicted octanol–water partition coefficient (Wildman–Crippen LogP) is 3.84. The summed E-state index contributed by atoms with van der Waals surface area (Å²) in [7, 11) is 3.23. The largest absolute Gasteiger partial charge is 0.497 e. The van der Waals surface area contributed by atoms with Crippen LogP contribution in [0, 0.1) is 5.92 Å². The molecule has 1 fully saturated rings. The molecule has 5 heteroatoms. The molecule has 1 aliphatic heterocycles. The number of hydrogen-bond donors (Lipinski definition) is 0. The number of benzene rings is 2. The number of amides is 1. The Morgan fingerprint density at radius 2 is 1.43 bits per heavy atom. The van der Waals surface area contributed by atoms with Crippen LogP contribution in [0.2, 0.25) is 0 Å². The molecule has 0 aromatic heterocycles. The molecule has 0 N–H and O–H groups in total. The Bertz CT molecular complexity index is 832. The summed E-state index contributed by atoms with van der Waals surface area (Å²) in [5, 5.41) is 0. The van der Waals surface area contributed by atoms with Crippen LogP contribution >= 0.6 is 0 Å². The van der Waals surface area contributed by atoms with Crippen molar-refractivity contribution in [2.24, 2.45) is 5.92 Å². The van der Waals surface area contributed by atoms with Gasteiger partial charge < -0.3 is 14.4 Å². The Hall–Kier alpha value is -3.08. The normalized spacial score (nSPS) is 14.9. The van der Waals surface area contributed by atoms with Crippen molar-refractivity contribution >= 4 is 17.8 Å². The third-order valence-corrected chi connectivity index (χ3v) is 5.09. The summed E-state index contributed by atoms with van der Waals surface area (Å²) in [6.45, 7) is 1.19. The standard InChI is InChI=1S/C23H25NO4/c1-27-20-8-3-17(4-9-20)5-12-22(25)24-15-13-19(14-16-24)23(26)18-6-10-21(28-2)11-7-18/h3-12,19H,13-16H2,1-2H3. The molecule has 1 amide bonds. The first-order valence-corrected chi connectivity index (χ1v) is 9.40. The fourth-order valence-electron chi connectivity index (χ4n) is 3.34. The Labute approximate surface area is 165 Å². The molecule has 146 valence electrons. The summed E-state index contributed by atoms with van der Waals surface area (Å²) in [6, 6.07) is 14.7. The fourth-order valence-corrected chi connectivity index (χ4v) is 3.34. The SMILES string of the molecule is COc1ccc(C=CC(=O)N2CCC(C(=O)c3ccc(OC)cc3)CC2)cc1. The number of carbonyl (C=O) groups excluding carboxylic acids is 2. The van der Waals surface area contributed by atoms with E-state index in [1.807, 2.05) is 24.3 Å². The number of ether oxygens (including phenoxy) is 2. The molecule has 5 nitrogen and oxygen atoms in total. The van der Waals surface area contributed by atoms with E-state index in [4.69, 9.17) is 9.47 Å². The Kier molecular flexibility index (Phi) is 6.48. The molecule has 3 rings (SSSR count). The highest BCUT2D eigenvalue weighted by molar-refractivity contribution is 5.98. The number of rotatable bonds is 6. The lowest BCUT2D eigenvalue weighted by Crippen LogP contribution is -2.39. The van der Waals surface area contributed by atoms with Crippen LogP contribution in [0.4, 0.5) is 0 Å². The number of nitrogens with zero attached hydrogens (tertiary/aromatic N) is 1. The number of likely N-dealkylation sites (tertiary alicyclic amines) is 1. The van der Waals surface area contributed by atoms with Gasteiger partial charge in [-0.25, -0.2) is 0 Å². The highest BCUT2D eigenvalue weighted by Gasteiger charge is 2.27. The second-order valence-corrected chi connectivity index (χ2v) is 6.80. The number of piperidine rings is 1. The first-order chi connectivity index (χ1) is 13.6. The van der Waals surface area contributed by atoms with Crippen LogP contribution in [0.5, 0.6) is 11.5 Å². The van der Waals surface area contributed by atoms with Crippen molar-refractivity contribution in [1.29, 1.82) is 0 Å². The summed E-state index contributed by atoms with van der Waals surface area (Å²) in [4.78, 5) is 26.9. The topological polar surface area (TPSA) is 55.8 Å². The van der Waals surface area contributed by atoms with Crippen LogP contribution in [0.1, 0.15) is 28.8 Å². The molecule has 0 unspecified atom stereocenters. The second kappa shape index (κ2) is 9.22. The van der Waals surface area contributed by atoms with Gasteiger partial charge in [-0.2, -0.15) is 0 Å². The van der Waals surface area contributed by atoms with Gasteiger partial charge in [0.1, 0.15) is 11.5 Å². The van der Waals surface area contributed by atoms with E-state index in [9.17, 15) is 9.59 Å². The number of methoxy groups -OCH3 is 2. The van der Waals surface area contributed by atoms with Gasteiger partial charge in [-0.3, -0.25) is 9.59 Å². The average molecular weight is 379 g/mol. The highest BCUT2D eigenvalue weighted by atomic mass is 16.5. The van der Waals surface area contributed by atoms with Crippen molar-refractivity contribution in [3.63, 3.8) is 0 Å². The van der Waals surface area contributed by atoms with Crippen molar-refractivity contribution in [3.8, 4) is 11.5 Å². The second-order valence-electron chi connectivity index (χ2n) is 6.80. The maximum Gasteiger partial charge on any atom is 0.246 e. The minimum atomic E-state index is -0.0389. The third-order valence-electron chi connectivity index (χ3n) is 5.09. The molecule has 2 aromatic rings. The molecule has 0 radical (unpaired) electrons. The van der Waals surface area contributed by atoms with Crippen LogP contribution in [0.15, 0.2) is 54.6 Å². The van der Waals surface area contributed by atoms with Crippen LogP contribution in [-0.4, -0.2) is 43.9 Å². The van der Waals surface area contributed by atoms with Crippen LogP contribution < -0.4 is 9.47 Å². The van der Waals surface area contributed by atoms with Gasteiger partial charge in [0.25, 0.3) is 0 Å². The molecule has 1 aliphatic rings. The zero-order valence-electron chi connectivity index (χ0n) is 16.3. The number of carbonyl (C=O) groups is 2. The highest BCUT2D eigenvalue weighted by Crippen LogP contribution is 2.23. The zero-order valence-corrected chi connectivity index (χ0v) is 16.3. The molecule has 0 bridgehead atoms. The van der Waals surface area contributed by atoms with Crippen LogP contribution in [-0.2, 0) is 4.79 Å². The fraction of sp³-hybridized carbons (Fsp3) is 0.304. The van der Waals surface area contributed by atoms with E-state index in [2.05, 4.69) is 0 Å². The molecular weight excluding hydrogens is 354 g/mol. The molecule has 2 aromatic carbocycles. The van der Waals surface area contributed by atoms with E-state index in [0.29, 0.717) is 31.5 Å². The number of hydrogen-bond acceptors (Lipinski definition) is 4. The van der Waals surface area contributed by atoms with Gasteiger partial charge in [0, 0.05) is 30.6 Å². The predicted molar refractivity (Wildman–Crippen MR) is 109 cm³/mol. The van der Waals surface area contributed by atoms with Crippen LogP contribution in [0.25, 0.3) is 6.08 Å². The van der Waals surface area contributed by atoms with Crippen LogP contribution in [0.3, 0.4) is 0 Å². The molecule has 1 saturated heterocycles. The van der Waals surface area contributed by atoms with Gasteiger partial charge >= 0.3 is 0 Å². The van der Waals surface area contributed by atoms with Gasteiger partial charge in [-0.1, -0.05) is 12.1 Å². The summed E-state index contributed by atoms with van der Waals surface area (Å²) in [5.41, 5.74) is 1.64. The Balaban J connectivity index is 1.52. The lowest BCUT2D eigenvalue weighted by molar-refractivity contribution is -0.127. The lowest BCUT2D eigenvalue weighted by Gasteiger charge is -2.30. The molecule has 0 saturated carbocycles. The average Bonchev–Trinajstić information content (AvgIpc) is 2.77. The van der Waals surface area contributed by atoms with E-state index < -0.39 is 0 Å². The van der Waals surface area contributed by atoms with Crippen molar-refractivity contribution in [2.75, 3.05) is 27.3 Å². The van der Waals surface area contributed by atoms with E-state index in [1.54, 1.807) is 55.5 Å². The van der Waals surface area contributed by atoms with Crippen molar-refractivity contribution in [1.82, 2.24) is 4.90 Å². The van der Waals surface area contributed by atoms with E-state index >= 15 is 0 Å². The summed E-state index contributed by atoms with van der Waals surface area (Å²) in [6.07, 6.45) is 4.77. The summed E-state index contributed by atoms with van der Waals surface area (Å²) < 4.78 is 10.3. The van der Waals surface area contributed by atoms with E-state index in [0.717, 1.165) is 17.1 Å². The van der Waals surface area contributed by atoms with E-state index in [1.165, 1.54) is 0 Å². The zero-order chi connectivity index (χ0) is 19.9. The summed E-state index contributed by atoms with van der Waals surface area (Å²) >= 11 is 0. The molecular formula is C23H25NO4. The Morgan fingerprint density at radius 1 is 0.893 bits per heavy atom. The maximum absolute atomic E-state index is 12.7. The first-order valence-electron chi connectivity index (χ1n) is 9.40. The van der Waals surface area contributed by atoms with Crippen molar-refractivity contribution in [2.45, 2.75) is 12.8 Å². The number of ketones is 1. The van der Waals surface area contributed by atoms with Gasteiger partial charge in [0.2, 0.25) is 5.91 Å². The third kappa shape index (κ3) is 4.80. The van der Waals surface area contributed by atoms with Gasteiger partial charge in [0.15, 0.2) is 5.78 Å².